The first kappa shape index (κ1) is 16.4. The summed E-state index contributed by atoms with van der Waals surface area (Å²) in [5.41, 5.74) is 5.24. The van der Waals surface area contributed by atoms with Gasteiger partial charge in [-0.3, -0.25) is 0 Å². The van der Waals surface area contributed by atoms with E-state index in [9.17, 15) is 0 Å². The standard InChI is InChI=1S/C19H12Cl3N3/c1-11-18(12-5-7-14(20)8-6-12)19-23-17(22)10-16(25(19)24-11)13-3-2-4-15(21)9-13/h2-10H,1H3. The van der Waals surface area contributed by atoms with Crippen molar-refractivity contribution >= 4 is 40.4 Å². The largest absolute Gasteiger partial charge is 0.216 e. The van der Waals surface area contributed by atoms with Crippen molar-refractivity contribution in [1.29, 1.82) is 0 Å². The monoisotopic (exact) mass is 387 g/mol. The molecule has 2 heterocycles. The molecule has 2 aromatic heterocycles. The first-order valence-corrected chi connectivity index (χ1v) is 8.74. The van der Waals surface area contributed by atoms with Gasteiger partial charge in [0.2, 0.25) is 0 Å². The first-order valence-electron chi connectivity index (χ1n) is 7.61. The molecule has 0 fully saturated rings. The molecule has 0 bridgehead atoms. The Morgan fingerprint density at radius 3 is 2.32 bits per heavy atom. The van der Waals surface area contributed by atoms with Gasteiger partial charge in [0.15, 0.2) is 5.65 Å². The van der Waals surface area contributed by atoms with Crippen LogP contribution in [-0.2, 0) is 0 Å². The SMILES string of the molecule is Cc1nn2c(-c3cccc(Cl)c3)cc(Cl)nc2c1-c1ccc(Cl)cc1. The average Bonchev–Trinajstić information content (AvgIpc) is 2.91. The lowest BCUT2D eigenvalue weighted by molar-refractivity contribution is 0.925. The van der Waals surface area contributed by atoms with Gasteiger partial charge < -0.3 is 0 Å². The van der Waals surface area contributed by atoms with Gasteiger partial charge in [0.25, 0.3) is 0 Å². The van der Waals surface area contributed by atoms with Gasteiger partial charge in [0, 0.05) is 27.2 Å². The smallest absolute Gasteiger partial charge is 0.165 e. The Morgan fingerprint density at radius 1 is 0.840 bits per heavy atom. The molecular weight excluding hydrogens is 377 g/mol. The molecule has 4 rings (SSSR count). The third kappa shape index (κ3) is 2.99. The van der Waals surface area contributed by atoms with Crippen molar-refractivity contribution in [2.75, 3.05) is 0 Å². The number of halogens is 3. The molecule has 0 N–H and O–H groups in total. The molecule has 0 aliphatic carbocycles. The maximum Gasteiger partial charge on any atom is 0.165 e. The fourth-order valence-corrected chi connectivity index (χ4v) is 3.40. The number of aryl methyl sites for hydroxylation is 1. The lowest BCUT2D eigenvalue weighted by Gasteiger charge is -2.07. The summed E-state index contributed by atoms with van der Waals surface area (Å²) < 4.78 is 1.80. The number of rotatable bonds is 2. The summed E-state index contributed by atoms with van der Waals surface area (Å²) in [6, 6.07) is 17.0. The van der Waals surface area contributed by atoms with Crippen LogP contribution in [0.3, 0.4) is 0 Å². The van der Waals surface area contributed by atoms with Gasteiger partial charge in [-0.25, -0.2) is 9.50 Å². The Hall–Kier alpha value is -2.07. The van der Waals surface area contributed by atoms with E-state index in [0.29, 0.717) is 20.8 Å². The summed E-state index contributed by atoms with van der Waals surface area (Å²) in [7, 11) is 0. The molecule has 3 nitrogen and oxygen atoms in total. The molecule has 4 aromatic rings. The summed E-state index contributed by atoms with van der Waals surface area (Å²) in [4.78, 5) is 4.50. The van der Waals surface area contributed by atoms with Gasteiger partial charge in [0.1, 0.15) is 5.15 Å². The predicted molar refractivity (Wildman–Crippen MR) is 104 cm³/mol. The summed E-state index contributed by atoms with van der Waals surface area (Å²) in [6.07, 6.45) is 0. The van der Waals surface area contributed by atoms with Gasteiger partial charge in [-0.2, -0.15) is 5.10 Å². The van der Waals surface area contributed by atoms with Crippen molar-refractivity contribution < 1.29 is 0 Å². The maximum absolute atomic E-state index is 6.30. The molecule has 0 amide bonds. The summed E-state index contributed by atoms with van der Waals surface area (Å²) in [5, 5.41) is 6.42. The Kier molecular flexibility index (Phi) is 4.16. The highest BCUT2D eigenvalue weighted by molar-refractivity contribution is 6.31. The van der Waals surface area contributed by atoms with Crippen LogP contribution in [0.5, 0.6) is 0 Å². The van der Waals surface area contributed by atoms with E-state index in [1.807, 2.05) is 55.5 Å². The van der Waals surface area contributed by atoms with E-state index in [1.54, 1.807) is 10.6 Å². The quantitative estimate of drug-likeness (QED) is 0.375. The van der Waals surface area contributed by atoms with Crippen LogP contribution < -0.4 is 0 Å². The normalized spacial score (nSPS) is 11.2. The van der Waals surface area contributed by atoms with Crippen LogP contribution in [-0.4, -0.2) is 14.6 Å². The van der Waals surface area contributed by atoms with Crippen molar-refractivity contribution in [1.82, 2.24) is 14.6 Å². The van der Waals surface area contributed by atoms with Crippen LogP contribution in [0.25, 0.3) is 28.0 Å². The Labute approximate surface area is 159 Å². The molecule has 0 unspecified atom stereocenters. The number of nitrogens with zero attached hydrogens (tertiary/aromatic N) is 3. The predicted octanol–water partition coefficient (Wildman–Crippen LogP) is 6.33. The topological polar surface area (TPSA) is 30.2 Å². The molecule has 124 valence electrons. The van der Waals surface area contributed by atoms with Crippen LogP contribution in [0.1, 0.15) is 5.69 Å². The van der Waals surface area contributed by atoms with E-state index in [2.05, 4.69) is 10.1 Å². The second-order valence-electron chi connectivity index (χ2n) is 5.68. The van der Waals surface area contributed by atoms with Crippen LogP contribution in [0.15, 0.2) is 54.6 Å². The van der Waals surface area contributed by atoms with E-state index in [-0.39, 0.29) is 0 Å². The van der Waals surface area contributed by atoms with E-state index in [1.165, 1.54) is 0 Å². The highest BCUT2D eigenvalue weighted by Crippen LogP contribution is 2.32. The van der Waals surface area contributed by atoms with Crippen molar-refractivity contribution in [2.45, 2.75) is 6.92 Å². The number of aromatic nitrogens is 3. The number of fused-ring (bicyclic) bond motifs is 1. The zero-order valence-electron chi connectivity index (χ0n) is 13.2. The third-order valence-electron chi connectivity index (χ3n) is 3.99. The minimum Gasteiger partial charge on any atom is -0.216 e. The van der Waals surface area contributed by atoms with E-state index < -0.39 is 0 Å². The number of hydrogen-bond donors (Lipinski definition) is 0. The van der Waals surface area contributed by atoms with E-state index >= 15 is 0 Å². The van der Waals surface area contributed by atoms with E-state index in [4.69, 9.17) is 34.8 Å². The molecule has 0 saturated carbocycles. The molecule has 2 aromatic carbocycles. The van der Waals surface area contributed by atoms with Crippen molar-refractivity contribution in [3.05, 3.63) is 75.5 Å². The molecular formula is C19H12Cl3N3. The second kappa shape index (κ2) is 6.34. The fourth-order valence-electron chi connectivity index (χ4n) is 2.90. The summed E-state index contributed by atoms with van der Waals surface area (Å²) in [6.45, 7) is 1.95. The van der Waals surface area contributed by atoms with Gasteiger partial charge >= 0.3 is 0 Å². The Balaban J connectivity index is 2.02. The van der Waals surface area contributed by atoms with Crippen LogP contribution in [0.2, 0.25) is 15.2 Å². The van der Waals surface area contributed by atoms with Gasteiger partial charge in [-0.05, 0) is 36.8 Å². The van der Waals surface area contributed by atoms with Crippen LogP contribution in [0.4, 0.5) is 0 Å². The average molecular weight is 389 g/mol. The molecule has 0 aliphatic rings. The summed E-state index contributed by atoms with van der Waals surface area (Å²) in [5.74, 6) is 0. The van der Waals surface area contributed by atoms with Gasteiger partial charge in [0.05, 0.1) is 11.4 Å². The van der Waals surface area contributed by atoms with Gasteiger partial charge in [-0.1, -0.05) is 59.1 Å². The minimum atomic E-state index is 0.401. The molecule has 6 heteroatoms. The van der Waals surface area contributed by atoms with Crippen LogP contribution in [0, 0.1) is 6.92 Å². The minimum absolute atomic E-state index is 0.401. The molecule has 0 spiro atoms. The van der Waals surface area contributed by atoms with Crippen LogP contribution >= 0.6 is 34.8 Å². The maximum atomic E-state index is 6.30. The van der Waals surface area contributed by atoms with Crippen molar-refractivity contribution in [3.8, 4) is 22.4 Å². The van der Waals surface area contributed by atoms with Crippen molar-refractivity contribution in [2.24, 2.45) is 0 Å². The van der Waals surface area contributed by atoms with Gasteiger partial charge in [-0.15, -0.1) is 0 Å². The lowest BCUT2D eigenvalue weighted by Crippen LogP contribution is -1.97. The first-order chi connectivity index (χ1) is 12.0. The number of benzene rings is 2. The number of hydrogen-bond acceptors (Lipinski definition) is 2. The Bertz CT molecular complexity index is 1090. The zero-order valence-corrected chi connectivity index (χ0v) is 15.4. The fraction of sp³-hybridized carbons (Fsp3) is 0.0526. The highest BCUT2D eigenvalue weighted by Gasteiger charge is 2.17. The second-order valence-corrected chi connectivity index (χ2v) is 6.94. The van der Waals surface area contributed by atoms with E-state index in [0.717, 1.165) is 28.1 Å². The Morgan fingerprint density at radius 2 is 1.60 bits per heavy atom. The lowest BCUT2D eigenvalue weighted by atomic mass is 10.1. The molecule has 0 radical (unpaired) electrons. The molecule has 0 aliphatic heterocycles. The molecule has 0 atom stereocenters. The summed E-state index contributed by atoms with van der Waals surface area (Å²) >= 11 is 18.4. The van der Waals surface area contributed by atoms with Crippen molar-refractivity contribution in [3.63, 3.8) is 0 Å². The molecule has 0 saturated heterocycles. The molecule has 25 heavy (non-hydrogen) atoms. The highest BCUT2D eigenvalue weighted by atomic mass is 35.5. The third-order valence-corrected chi connectivity index (χ3v) is 4.67. The zero-order chi connectivity index (χ0) is 17.6.